The molecule has 0 amide bonds. The molecular weight excluding hydrogens is 325 g/mol. The molecule has 0 heterocycles. The average Bonchev–Trinajstić information content (AvgIpc) is 2.48. The van der Waals surface area contributed by atoms with Crippen LogP contribution in [-0.4, -0.2) is 17.2 Å². The van der Waals surface area contributed by atoms with Crippen LogP contribution in [0, 0.1) is 11.3 Å². The molecule has 0 aliphatic rings. The number of hydrogen-bond donors (Lipinski definition) is 1. The molecule has 0 radical (unpaired) electrons. The summed E-state index contributed by atoms with van der Waals surface area (Å²) < 4.78 is 5.45. The molecule has 0 aliphatic heterocycles. The van der Waals surface area contributed by atoms with E-state index in [1.807, 2.05) is 6.07 Å². The quantitative estimate of drug-likeness (QED) is 0.899. The van der Waals surface area contributed by atoms with Crippen LogP contribution >= 0.6 is 23.2 Å². The third-order valence-corrected chi connectivity index (χ3v) is 3.53. The average molecular weight is 336 g/mol. The van der Waals surface area contributed by atoms with Crippen LogP contribution in [0.1, 0.15) is 12.5 Å². The minimum Gasteiger partial charge on any atom is -0.479 e. The second-order valence-corrected chi connectivity index (χ2v) is 5.39. The van der Waals surface area contributed by atoms with Gasteiger partial charge in [-0.25, -0.2) is 4.79 Å². The van der Waals surface area contributed by atoms with E-state index in [0.717, 1.165) is 0 Å². The first-order chi connectivity index (χ1) is 10.4. The zero-order valence-corrected chi connectivity index (χ0v) is 13.0. The summed E-state index contributed by atoms with van der Waals surface area (Å²) >= 11 is 12.1. The summed E-state index contributed by atoms with van der Waals surface area (Å²) in [5.74, 6) is -0.754. The lowest BCUT2D eigenvalue weighted by Gasteiger charge is -2.16. The Morgan fingerprint density at radius 1 is 1.23 bits per heavy atom. The second-order valence-electron chi connectivity index (χ2n) is 4.55. The minimum absolute atomic E-state index is 0.332. The maximum absolute atomic E-state index is 11.0. The molecule has 0 fully saturated rings. The van der Waals surface area contributed by atoms with Crippen molar-refractivity contribution in [1.82, 2.24) is 0 Å². The Bertz CT molecular complexity index is 768. The van der Waals surface area contributed by atoms with E-state index in [0.29, 0.717) is 32.5 Å². The summed E-state index contributed by atoms with van der Waals surface area (Å²) in [6.45, 7) is 1.42. The van der Waals surface area contributed by atoms with E-state index in [9.17, 15) is 4.79 Å². The van der Waals surface area contributed by atoms with E-state index in [4.69, 9.17) is 38.3 Å². The van der Waals surface area contributed by atoms with Gasteiger partial charge < -0.3 is 9.84 Å². The van der Waals surface area contributed by atoms with E-state index in [1.165, 1.54) is 6.92 Å². The first-order valence-corrected chi connectivity index (χ1v) is 7.07. The van der Waals surface area contributed by atoms with E-state index >= 15 is 0 Å². The van der Waals surface area contributed by atoms with Gasteiger partial charge in [-0.3, -0.25) is 0 Å². The van der Waals surface area contributed by atoms with Crippen molar-refractivity contribution in [2.24, 2.45) is 0 Å². The standard InChI is InChI=1S/C16H11Cl2NO3/c1-9(16(20)21)22-15-5-2-10(8-19)6-13(15)12-4-3-11(17)7-14(12)18/h2-7,9H,1H3,(H,20,21)/t9-/m0/s1. The highest BCUT2D eigenvalue weighted by Crippen LogP contribution is 2.37. The molecule has 0 aliphatic carbocycles. The van der Waals surface area contributed by atoms with Crippen molar-refractivity contribution in [2.45, 2.75) is 13.0 Å². The van der Waals surface area contributed by atoms with Gasteiger partial charge in [-0.1, -0.05) is 29.3 Å². The molecule has 4 nitrogen and oxygen atoms in total. The van der Waals surface area contributed by atoms with Gasteiger partial charge in [0, 0.05) is 16.1 Å². The number of ether oxygens (including phenoxy) is 1. The first-order valence-electron chi connectivity index (χ1n) is 6.31. The Kier molecular flexibility index (Phi) is 4.92. The largest absolute Gasteiger partial charge is 0.479 e. The number of nitriles is 1. The molecule has 1 atom stereocenters. The van der Waals surface area contributed by atoms with Crippen LogP contribution in [0.3, 0.4) is 0 Å². The molecule has 0 aromatic heterocycles. The van der Waals surface area contributed by atoms with Crippen LogP contribution in [0.15, 0.2) is 36.4 Å². The molecule has 1 N–H and O–H groups in total. The lowest BCUT2D eigenvalue weighted by molar-refractivity contribution is -0.144. The fourth-order valence-electron chi connectivity index (χ4n) is 1.86. The third-order valence-electron chi connectivity index (χ3n) is 2.98. The summed E-state index contributed by atoms with van der Waals surface area (Å²) in [7, 11) is 0. The number of benzene rings is 2. The molecule has 6 heteroatoms. The Hall–Kier alpha value is -2.22. The number of aliphatic carboxylic acids is 1. The van der Waals surface area contributed by atoms with Crippen molar-refractivity contribution >= 4 is 29.2 Å². The van der Waals surface area contributed by atoms with Crippen molar-refractivity contribution in [3.63, 3.8) is 0 Å². The summed E-state index contributed by atoms with van der Waals surface area (Å²) in [5.41, 5.74) is 1.56. The number of carboxylic acids is 1. The van der Waals surface area contributed by atoms with Crippen LogP contribution in [0.25, 0.3) is 11.1 Å². The molecule has 0 bridgehead atoms. The highest BCUT2D eigenvalue weighted by Gasteiger charge is 2.17. The highest BCUT2D eigenvalue weighted by molar-refractivity contribution is 6.36. The van der Waals surface area contributed by atoms with Gasteiger partial charge in [0.15, 0.2) is 6.10 Å². The van der Waals surface area contributed by atoms with E-state index in [-0.39, 0.29) is 0 Å². The zero-order valence-electron chi connectivity index (χ0n) is 11.5. The van der Waals surface area contributed by atoms with Gasteiger partial charge in [-0.15, -0.1) is 0 Å². The molecule has 112 valence electrons. The summed E-state index contributed by atoms with van der Waals surface area (Å²) in [5, 5.41) is 18.9. The van der Waals surface area contributed by atoms with Crippen LogP contribution < -0.4 is 4.74 Å². The summed E-state index contributed by atoms with van der Waals surface area (Å²) in [6, 6.07) is 11.7. The van der Waals surface area contributed by atoms with Gasteiger partial charge in [0.25, 0.3) is 0 Å². The minimum atomic E-state index is -1.09. The van der Waals surface area contributed by atoms with Crippen molar-refractivity contribution in [3.05, 3.63) is 52.0 Å². The van der Waals surface area contributed by atoms with E-state index in [2.05, 4.69) is 0 Å². The predicted molar refractivity (Wildman–Crippen MR) is 84.3 cm³/mol. The molecular formula is C16H11Cl2NO3. The fourth-order valence-corrected chi connectivity index (χ4v) is 2.37. The van der Waals surface area contributed by atoms with Crippen LogP contribution in [0.4, 0.5) is 0 Å². The summed E-state index contributed by atoms with van der Waals surface area (Å²) in [6.07, 6.45) is -1.03. The zero-order chi connectivity index (χ0) is 16.3. The maximum Gasteiger partial charge on any atom is 0.344 e. The smallest absolute Gasteiger partial charge is 0.344 e. The van der Waals surface area contributed by atoms with E-state index < -0.39 is 12.1 Å². The SMILES string of the molecule is C[C@H](Oc1ccc(C#N)cc1-c1ccc(Cl)cc1Cl)C(=O)O. The van der Waals surface area contributed by atoms with Crippen molar-refractivity contribution in [1.29, 1.82) is 5.26 Å². The lowest BCUT2D eigenvalue weighted by atomic mass is 10.0. The maximum atomic E-state index is 11.0. The molecule has 0 unspecified atom stereocenters. The number of nitrogens with zero attached hydrogens (tertiary/aromatic N) is 1. The third kappa shape index (κ3) is 3.51. The van der Waals surface area contributed by atoms with Crippen molar-refractivity contribution < 1.29 is 14.6 Å². The van der Waals surface area contributed by atoms with Crippen molar-refractivity contribution in [2.75, 3.05) is 0 Å². The topological polar surface area (TPSA) is 70.3 Å². The number of rotatable bonds is 4. The summed E-state index contributed by atoms with van der Waals surface area (Å²) in [4.78, 5) is 11.0. The monoisotopic (exact) mass is 335 g/mol. The predicted octanol–water partition coefficient (Wildman–Crippen LogP) is 4.38. The van der Waals surface area contributed by atoms with Gasteiger partial charge in [0.05, 0.1) is 16.7 Å². The van der Waals surface area contributed by atoms with Gasteiger partial charge in [0.2, 0.25) is 0 Å². The Morgan fingerprint density at radius 2 is 1.95 bits per heavy atom. The molecule has 2 aromatic rings. The number of hydrogen-bond acceptors (Lipinski definition) is 3. The van der Waals surface area contributed by atoms with Crippen LogP contribution in [0.5, 0.6) is 5.75 Å². The Balaban J connectivity index is 2.56. The van der Waals surface area contributed by atoms with Gasteiger partial charge in [-0.05, 0) is 37.3 Å². The molecule has 2 rings (SSSR count). The van der Waals surface area contributed by atoms with Crippen LogP contribution in [-0.2, 0) is 4.79 Å². The molecule has 0 saturated carbocycles. The Morgan fingerprint density at radius 3 is 2.55 bits per heavy atom. The number of carboxylic acid groups (broad SMARTS) is 1. The second kappa shape index (κ2) is 6.69. The van der Waals surface area contributed by atoms with Crippen LogP contribution in [0.2, 0.25) is 10.0 Å². The number of halogens is 2. The molecule has 0 spiro atoms. The van der Waals surface area contributed by atoms with Gasteiger partial charge in [-0.2, -0.15) is 5.26 Å². The fraction of sp³-hybridized carbons (Fsp3) is 0.125. The van der Waals surface area contributed by atoms with Gasteiger partial charge >= 0.3 is 5.97 Å². The lowest BCUT2D eigenvalue weighted by Crippen LogP contribution is -2.23. The van der Waals surface area contributed by atoms with E-state index in [1.54, 1.807) is 36.4 Å². The van der Waals surface area contributed by atoms with Gasteiger partial charge in [0.1, 0.15) is 5.75 Å². The Labute approximate surface area is 137 Å². The highest BCUT2D eigenvalue weighted by atomic mass is 35.5. The first kappa shape index (κ1) is 16.2. The molecule has 0 saturated heterocycles. The molecule has 22 heavy (non-hydrogen) atoms. The molecule has 2 aromatic carbocycles. The number of carbonyl (C=O) groups is 1. The normalized spacial score (nSPS) is 11.5. The van der Waals surface area contributed by atoms with Crippen molar-refractivity contribution in [3.8, 4) is 22.9 Å².